The van der Waals surface area contributed by atoms with E-state index >= 15 is 0 Å². The number of aliphatic carboxylic acids is 1. The van der Waals surface area contributed by atoms with Crippen LogP contribution in [0.25, 0.3) is 0 Å². The van der Waals surface area contributed by atoms with Crippen LogP contribution in [-0.2, 0) is 33.4 Å². The second-order valence-corrected chi connectivity index (χ2v) is 5.45. The lowest BCUT2D eigenvalue weighted by atomic mass is 10.1. The van der Waals surface area contributed by atoms with Crippen LogP contribution in [0.15, 0.2) is 0 Å². The van der Waals surface area contributed by atoms with E-state index in [-0.39, 0.29) is 25.2 Å². The third-order valence-electron chi connectivity index (χ3n) is 3.15. The van der Waals surface area contributed by atoms with Gasteiger partial charge in [-0.1, -0.05) is 0 Å². The predicted molar refractivity (Wildman–Crippen MR) is 92.4 cm³/mol. The number of esters is 1. The highest BCUT2D eigenvalue weighted by Crippen LogP contribution is 1.97. The van der Waals surface area contributed by atoms with Gasteiger partial charge in [-0.05, 0) is 6.42 Å². The van der Waals surface area contributed by atoms with Gasteiger partial charge in [0.05, 0.1) is 0 Å². The quantitative estimate of drug-likeness (QED) is 0.133. The molecule has 0 saturated heterocycles. The molecule has 0 saturated carbocycles. The van der Waals surface area contributed by atoms with Gasteiger partial charge in [-0.15, -0.1) is 0 Å². The number of thiol groups is 1. The molecule has 2 amide bonds. The van der Waals surface area contributed by atoms with Crippen LogP contribution >= 0.6 is 12.6 Å². The summed E-state index contributed by atoms with van der Waals surface area (Å²) in [4.78, 5) is 45.8. The average Bonchev–Trinajstić information content (AvgIpc) is 2.62. The third-order valence-corrected chi connectivity index (χ3v) is 3.51. The number of nitrogens with one attached hydrogen (secondary N) is 2. The zero-order valence-corrected chi connectivity index (χ0v) is 15.5. The van der Waals surface area contributed by atoms with Crippen molar-refractivity contribution in [3.8, 4) is 0 Å². The number of amides is 2. The second-order valence-electron chi connectivity index (χ2n) is 5.09. The molecule has 26 heavy (non-hydrogen) atoms. The molecule has 0 aliphatic carbocycles. The topological polar surface area (TPSA) is 166 Å². The lowest BCUT2D eigenvalue weighted by Crippen LogP contribution is -2.49. The van der Waals surface area contributed by atoms with Gasteiger partial charge in [-0.2, -0.15) is 12.6 Å². The molecule has 11 nitrogen and oxygen atoms in total. The summed E-state index contributed by atoms with van der Waals surface area (Å²) in [5.41, 5.74) is 5.30. The SMILES string of the molecule is COC(COC(=O)CNC(=O)[C@@H](CS)NC(=O)CCC(N)C(=O)O)OC. The normalized spacial score (nSPS) is 13.0. The maximum atomic E-state index is 12.0. The van der Waals surface area contributed by atoms with Crippen LogP contribution in [-0.4, -0.2) is 80.4 Å². The van der Waals surface area contributed by atoms with E-state index in [0.29, 0.717) is 0 Å². The molecule has 150 valence electrons. The van der Waals surface area contributed by atoms with Crippen molar-refractivity contribution in [2.24, 2.45) is 5.73 Å². The van der Waals surface area contributed by atoms with Crippen molar-refractivity contribution in [3.05, 3.63) is 0 Å². The first-order valence-corrected chi connectivity index (χ1v) is 8.25. The minimum absolute atomic E-state index is 0.0208. The van der Waals surface area contributed by atoms with Gasteiger partial charge in [0.2, 0.25) is 11.8 Å². The summed E-state index contributed by atoms with van der Waals surface area (Å²) in [5, 5.41) is 13.3. The second kappa shape index (κ2) is 13.3. The largest absolute Gasteiger partial charge is 0.480 e. The molecule has 0 aromatic carbocycles. The fourth-order valence-corrected chi connectivity index (χ4v) is 1.85. The zero-order chi connectivity index (χ0) is 20.1. The Hall–Kier alpha value is -1.89. The minimum atomic E-state index is -1.22. The van der Waals surface area contributed by atoms with E-state index in [9.17, 15) is 19.2 Å². The molecule has 5 N–H and O–H groups in total. The highest BCUT2D eigenvalue weighted by atomic mass is 32.1. The summed E-state index contributed by atoms with van der Waals surface area (Å²) >= 11 is 3.97. The van der Waals surface area contributed by atoms with Crippen molar-refractivity contribution in [1.29, 1.82) is 0 Å². The van der Waals surface area contributed by atoms with Crippen molar-refractivity contribution < 1.29 is 38.5 Å². The molecule has 0 bridgehead atoms. The highest BCUT2D eigenvalue weighted by molar-refractivity contribution is 7.80. The van der Waals surface area contributed by atoms with Gasteiger partial charge in [0, 0.05) is 26.4 Å². The zero-order valence-electron chi connectivity index (χ0n) is 14.6. The maximum Gasteiger partial charge on any atom is 0.325 e. The number of carboxylic acid groups (broad SMARTS) is 1. The number of nitrogens with two attached hydrogens (primary N) is 1. The summed E-state index contributed by atoms with van der Waals surface area (Å²) in [6.07, 6.45) is -0.951. The van der Waals surface area contributed by atoms with Crippen LogP contribution in [0, 0.1) is 0 Å². The smallest absolute Gasteiger partial charge is 0.325 e. The number of hydrogen-bond donors (Lipinski definition) is 5. The molecule has 0 fully saturated rings. The van der Waals surface area contributed by atoms with Gasteiger partial charge in [-0.25, -0.2) is 0 Å². The Morgan fingerprint density at radius 1 is 1.19 bits per heavy atom. The summed E-state index contributed by atoms with van der Waals surface area (Å²) in [6, 6.07) is -2.16. The molecule has 0 heterocycles. The van der Waals surface area contributed by atoms with E-state index in [2.05, 4.69) is 23.3 Å². The molecule has 0 aliphatic heterocycles. The van der Waals surface area contributed by atoms with Crippen molar-refractivity contribution in [2.75, 3.05) is 33.1 Å². The molecular weight excluding hydrogens is 370 g/mol. The van der Waals surface area contributed by atoms with Gasteiger partial charge < -0.3 is 35.7 Å². The van der Waals surface area contributed by atoms with Crippen LogP contribution in [0.2, 0.25) is 0 Å². The van der Waals surface area contributed by atoms with Gasteiger partial charge in [0.25, 0.3) is 0 Å². The van der Waals surface area contributed by atoms with E-state index in [1.807, 2.05) is 0 Å². The summed E-state index contributed by atoms with van der Waals surface area (Å²) < 4.78 is 14.5. The average molecular weight is 395 g/mol. The van der Waals surface area contributed by atoms with E-state index in [1.165, 1.54) is 14.2 Å². The number of carbonyl (C=O) groups excluding carboxylic acids is 3. The number of hydrogen-bond acceptors (Lipinski definition) is 9. The van der Waals surface area contributed by atoms with E-state index in [1.54, 1.807) is 0 Å². The Labute approximate surface area is 156 Å². The molecule has 0 aromatic rings. The van der Waals surface area contributed by atoms with Crippen molar-refractivity contribution in [1.82, 2.24) is 10.6 Å². The first-order valence-electron chi connectivity index (χ1n) is 7.62. The van der Waals surface area contributed by atoms with Gasteiger partial charge in [0.1, 0.15) is 25.2 Å². The first-order chi connectivity index (χ1) is 12.2. The fourth-order valence-electron chi connectivity index (χ4n) is 1.60. The molecule has 12 heteroatoms. The standard InChI is InChI=1S/C14H25N3O8S/c1-23-12(24-2)6-25-11(19)5-16-13(20)9(7-26)17-10(18)4-3-8(15)14(21)22/h8-9,12,26H,3-7,15H2,1-2H3,(H,16,20)(H,17,18)(H,21,22)/t8?,9-/m1/s1. The number of carbonyl (C=O) groups is 4. The first kappa shape index (κ1) is 24.1. The molecule has 2 atom stereocenters. The van der Waals surface area contributed by atoms with Crippen LogP contribution in [0.3, 0.4) is 0 Å². The maximum absolute atomic E-state index is 12.0. The van der Waals surface area contributed by atoms with E-state index < -0.39 is 48.7 Å². The highest BCUT2D eigenvalue weighted by Gasteiger charge is 2.21. The van der Waals surface area contributed by atoms with Crippen LogP contribution in [0.1, 0.15) is 12.8 Å². The Kier molecular flexibility index (Phi) is 12.4. The van der Waals surface area contributed by atoms with Crippen molar-refractivity contribution in [3.63, 3.8) is 0 Å². The Morgan fingerprint density at radius 2 is 1.81 bits per heavy atom. The number of rotatable bonds is 13. The minimum Gasteiger partial charge on any atom is -0.480 e. The molecular formula is C14H25N3O8S. The predicted octanol–water partition coefficient (Wildman–Crippen LogP) is -2.13. The molecule has 0 rings (SSSR count). The summed E-state index contributed by atoms with van der Waals surface area (Å²) in [6.45, 7) is -0.554. The lowest BCUT2D eigenvalue weighted by Gasteiger charge is -2.17. The fraction of sp³-hybridized carbons (Fsp3) is 0.714. The Bertz CT molecular complexity index is 487. The molecule has 0 spiro atoms. The molecule has 0 aliphatic rings. The number of carboxylic acids is 1. The van der Waals surface area contributed by atoms with Crippen LogP contribution < -0.4 is 16.4 Å². The van der Waals surface area contributed by atoms with Gasteiger partial charge >= 0.3 is 11.9 Å². The van der Waals surface area contributed by atoms with E-state index in [4.69, 9.17) is 25.1 Å². The Balaban J connectivity index is 4.25. The van der Waals surface area contributed by atoms with Crippen LogP contribution in [0.5, 0.6) is 0 Å². The van der Waals surface area contributed by atoms with Crippen molar-refractivity contribution >= 4 is 36.4 Å². The molecule has 0 radical (unpaired) electrons. The summed E-state index contributed by atoms with van der Waals surface area (Å²) in [5.74, 6) is -3.14. The summed E-state index contributed by atoms with van der Waals surface area (Å²) in [7, 11) is 2.76. The third kappa shape index (κ3) is 10.2. The van der Waals surface area contributed by atoms with Gasteiger partial charge in [-0.3, -0.25) is 19.2 Å². The number of ether oxygens (including phenoxy) is 3. The van der Waals surface area contributed by atoms with Gasteiger partial charge in [0.15, 0.2) is 6.29 Å². The lowest BCUT2D eigenvalue weighted by molar-refractivity contribution is -0.166. The van der Waals surface area contributed by atoms with Crippen molar-refractivity contribution in [2.45, 2.75) is 31.2 Å². The monoisotopic (exact) mass is 395 g/mol. The Morgan fingerprint density at radius 3 is 2.31 bits per heavy atom. The number of methoxy groups -OCH3 is 2. The molecule has 1 unspecified atom stereocenters. The van der Waals surface area contributed by atoms with Crippen LogP contribution in [0.4, 0.5) is 0 Å². The van der Waals surface area contributed by atoms with E-state index in [0.717, 1.165) is 0 Å². The molecule has 0 aromatic heterocycles.